The monoisotopic (exact) mass is 565 g/mol. The Morgan fingerprint density at radius 2 is 1.45 bits per heavy atom. The first-order valence-corrected chi connectivity index (χ1v) is 15.3. The molecule has 0 aliphatic rings. The largest absolute Gasteiger partial charge is 0.494 e. The van der Waals surface area contributed by atoms with Crippen molar-refractivity contribution in [3.05, 3.63) is 96.1 Å². The number of carbonyl (C=O) groups is 2. The molecule has 1 atom stereocenters. The molecule has 0 saturated heterocycles. The average Bonchev–Trinajstić information content (AvgIpc) is 2.93. The Hall–Kier alpha value is -3.85. The van der Waals surface area contributed by atoms with Gasteiger partial charge in [-0.25, -0.2) is 8.42 Å². The fourth-order valence-electron chi connectivity index (χ4n) is 4.25. The van der Waals surface area contributed by atoms with Crippen LogP contribution in [0.4, 0.5) is 5.69 Å². The van der Waals surface area contributed by atoms with Crippen molar-refractivity contribution in [1.82, 2.24) is 10.2 Å². The highest BCUT2D eigenvalue weighted by atomic mass is 32.2. The number of nitrogens with one attached hydrogen (secondary N) is 1. The summed E-state index contributed by atoms with van der Waals surface area (Å²) in [5.41, 5.74) is 2.06. The minimum atomic E-state index is -3.83. The van der Waals surface area contributed by atoms with Crippen LogP contribution < -0.4 is 14.4 Å². The van der Waals surface area contributed by atoms with Gasteiger partial charge in [0, 0.05) is 19.5 Å². The van der Waals surface area contributed by atoms with Crippen LogP contribution in [-0.2, 0) is 32.6 Å². The molecule has 0 aliphatic heterocycles. The van der Waals surface area contributed by atoms with Crippen LogP contribution in [0.5, 0.6) is 5.75 Å². The predicted molar refractivity (Wildman–Crippen MR) is 159 cm³/mol. The van der Waals surface area contributed by atoms with Crippen LogP contribution in [0.2, 0.25) is 0 Å². The summed E-state index contributed by atoms with van der Waals surface area (Å²) in [5, 5.41) is 2.98. The molecule has 214 valence electrons. The summed E-state index contributed by atoms with van der Waals surface area (Å²) < 4.78 is 32.3. The third kappa shape index (κ3) is 9.12. The molecular weight excluding hydrogens is 526 g/mol. The van der Waals surface area contributed by atoms with E-state index in [1.165, 1.54) is 4.90 Å². The number of ether oxygens (including phenoxy) is 1. The Balaban J connectivity index is 2.00. The quantitative estimate of drug-likeness (QED) is 0.315. The van der Waals surface area contributed by atoms with Gasteiger partial charge < -0.3 is 15.0 Å². The molecule has 9 heteroatoms. The van der Waals surface area contributed by atoms with E-state index < -0.39 is 28.5 Å². The van der Waals surface area contributed by atoms with Gasteiger partial charge in [0.05, 0.1) is 18.6 Å². The molecule has 0 aliphatic carbocycles. The van der Waals surface area contributed by atoms with Gasteiger partial charge >= 0.3 is 0 Å². The number of rotatable bonds is 14. The Morgan fingerprint density at radius 1 is 0.875 bits per heavy atom. The fourth-order valence-corrected chi connectivity index (χ4v) is 5.10. The minimum Gasteiger partial charge on any atom is -0.494 e. The standard InChI is InChI=1S/C31H39N3O5S/c1-5-39-28-18-16-27(17-19-28)34(40(4,37)38)23-30(35)33(22-26-14-10-7-11-15-26)29(31(36)32-21-24(2)3)20-25-12-8-6-9-13-25/h6-19,24,29H,5,20-23H2,1-4H3,(H,32,36)/t29-/m0/s1. The molecule has 40 heavy (non-hydrogen) atoms. The van der Waals surface area contributed by atoms with Crippen LogP contribution in [-0.4, -0.2) is 57.1 Å². The molecule has 3 rings (SSSR count). The van der Waals surface area contributed by atoms with Crippen LogP contribution in [0.1, 0.15) is 31.9 Å². The topological polar surface area (TPSA) is 96.0 Å². The summed E-state index contributed by atoms with van der Waals surface area (Å²) >= 11 is 0. The third-order valence-electron chi connectivity index (χ3n) is 6.27. The fraction of sp³-hybridized carbons (Fsp3) is 0.355. The highest BCUT2D eigenvalue weighted by molar-refractivity contribution is 7.92. The molecule has 0 aromatic heterocycles. The van der Waals surface area contributed by atoms with Crippen LogP contribution in [0.25, 0.3) is 0 Å². The van der Waals surface area contributed by atoms with Gasteiger partial charge in [0.2, 0.25) is 21.8 Å². The van der Waals surface area contributed by atoms with E-state index in [-0.39, 0.29) is 24.8 Å². The van der Waals surface area contributed by atoms with Crippen LogP contribution >= 0.6 is 0 Å². The lowest BCUT2D eigenvalue weighted by Crippen LogP contribution is -2.53. The van der Waals surface area contributed by atoms with E-state index in [1.807, 2.05) is 81.4 Å². The molecule has 0 bridgehead atoms. The summed E-state index contributed by atoms with van der Waals surface area (Å²) in [5.74, 6) is 0.0547. The molecule has 0 radical (unpaired) electrons. The summed E-state index contributed by atoms with van der Waals surface area (Å²) in [7, 11) is -3.83. The number of sulfonamides is 1. The summed E-state index contributed by atoms with van der Waals surface area (Å²) in [4.78, 5) is 29.1. The maximum atomic E-state index is 14.0. The Morgan fingerprint density at radius 3 is 1.98 bits per heavy atom. The highest BCUT2D eigenvalue weighted by Crippen LogP contribution is 2.23. The molecule has 3 aromatic carbocycles. The molecule has 1 N–H and O–H groups in total. The summed E-state index contributed by atoms with van der Waals surface area (Å²) in [6.07, 6.45) is 1.35. The molecule has 0 fully saturated rings. The lowest BCUT2D eigenvalue weighted by Gasteiger charge is -2.33. The second-order valence-electron chi connectivity index (χ2n) is 10.0. The van der Waals surface area contributed by atoms with E-state index in [2.05, 4.69) is 5.32 Å². The van der Waals surface area contributed by atoms with E-state index in [9.17, 15) is 18.0 Å². The predicted octanol–water partition coefficient (Wildman–Crippen LogP) is 4.26. The number of carbonyl (C=O) groups excluding carboxylic acids is 2. The smallest absolute Gasteiger partial charge is 0.244 e. The Bertz CT molecular complexity index is 1330. The van der Waals surface area contributed by atoms with Gasteiger partial charge in [-0.2, -0.15) is 0 Å². The SMILES string of the molecule is CCOc1ccc(N(CC(=O)N(Cc2ccccc2)[C@@H](Cc2ccccc2)C(=O)NCC(C)C)S(C)(=O)=O)cc1. The maximum Gasteiger partial charge on any atom is 0.244 e. The maximum absolute atomic E-state index is 14.0. The van der Waals surface area contributed by atoms with Gasteiger partial charge in [0.1, 0.15) is 18.3 Å². The lowest BCUT2D eigenvalue weighted by atomic mass is 10.0. The van der Waals surface area contributed by atoms with Crippen molar-refractivity contribution in [3.8, 4) is 5.75 Å². The first kappa shape index (κ1) is 30.7. The van der Waals surface area contributed by atoms with Crippen LogP contribution in [0.3, 0.4) is 0 Å². The van der Waals surface area contributed by atoms with Gasteiger partial charge in [0.25, 0.3) is 0 Å². The van der Waals surface area contributed by atoms with Crippen molar-refractivity contribution in [2.45, 2.75) is 39.8 Å². The number of nitrogens with zero attached hydrogens (tertiary/aromatic N) is 2. The zero-order valence-corrected chi connectivity index (χ0v) is 24.4. The zero-order valence-electron chi connectivity index (χ0n) is 23.6. The van der Waals surface area contributed by atoms with Gasteiger partial charge in [-0.1, -0.05) is 74.5 Å². The Labute approximate surface area is 238 Å². The van der Waals surface area contributed by atoms with Crippen molar-refractivity contribution in [2.24, 2.45) is 5.92 Å². The molecule has 2 amide bonds. The van der Waals surface area contributed by atoms with E-state index in [4.69, 9.17) is 4.74 Å². The van der Waals surface area contributed by atoms with E-state index in [0.717, 1.165) is 21.7 Å². The summed E-state index contributed by atoms with van der Waals surface area (Å²) in [6.45, 7) is 6.48. The number of anilines is 1. The molecular formula is C31H39N3O5S. The van der Waals surface area contributed by atoms with Crippen molar-refractivity contribution in [2.75, 3.05) is 30.3 Å². The average molecular weight is 566 g/mol. The van der Waals surface area contributed by atoms with Crippen LogP contribution in [0.15, 0.2) is 84.9 Å². The Kier molecular flexibility index (Phi) is 11.1. The second kappa shape index (κ2) is 14.5. The highest BCUT2D eigenvalue weighted by Gasteiger charge is 2.33. The van der Waals surface area contributed by atoms with Gasteiger partial charge in [-0.3, -0.25) is 13.9 Å². The van der Waals surface area contributed by atoms with Gasteiger partial charge in [0.15, 0.2) is 0 Å². The van der Waals surface area contributed by atoms with E-state index >= 15 is 0 Å². The normalized spacial score (nSPS) is 12.0. The molecule has 0 spiro atoms. The second-order valence-corrected chi connectivity index (χ2v) is 12.0. The molecule has 0 saturated carbocycles. The molecule has 0 unspecified atom stereocenters. The van der Waals surface area contributed by atoms with Crippen LogP contribution in [0, 0.1) is 5.92 Å². The first-order valence-electron chi connectivity index (χ1n) is 13.4. The van der Waals surface area contributed by atoms with Crippen molar-refractivity contribution in [1.29, 1.82) is 0 Å². The van der Waals surface area contributed by atoms with Gasteiger partial charge in [-0.15, -0.1) is 0 Å². The molecule has 3 aromatic rings. The van der Waals surface area contributed by atoms with Crippen molar-refractivity contribution in [3.63, 3.8) is 0 Å². The van der Waals surface area contributed by atoms with E-state index in [0.29, 0.717) is 24.6 Å². The number of hydrogen-bond donors (Lipinski definition) is 1. The van der Waals surface area contributed by atoms with E-state index in [1.54, 1.807) is 24.3 Å². The van der Waals surface area contributed by atoms with Crippen molar-refractivity contribution >= 4 is 27.5 Å². The van der Waals surface area contributed by atoms with Gasteiger partial charge in [-0.05, 0) is 48.2 Å². The third-order valence-corrected chi connectivity index (χ3v) is 7.41. The molecule has 0 heterocycles. The summed E-state index contributed by atoms with van der Waals surface area (Å²) in [6, 6.07) is 24.6. The van der Waals surface area contributed by atoms with Crippen molar-refractivity contribution < 1.29 is 22.7 Å². The first-order chi connectivity index (χ1) is 19.1. The minimum absolute atomic E-state index is 0.146. The number of amides is 2. The zero-order chi connectivity index (χ0) is 29.1. The number of benzene rings is 3. The lowest BCUT2D eigenvalue weighted by molar-refractivity contribution is -0.140. The molecule has 8 nitrogen and oxygen atoms in total. The number of hydrogen-bond acceptors (Lipinski definition) is 5.